The predicted molar refractivity (Wildman–Crippen MR) is 75.6 cm³/mol. The lowest BCUT2D eigenvalue weighted by Crippen LogP contribution is -2.23. The Morgan fingerprint density at radius 2 is 2.10 bits per heavy atom. The third-order valence-corrected chi connectivity index (χ3v) is 3.00. The van der Waals surface area contributed by atoms with Crippen LogP contribution in [0.2, 0.25) is 5.02 Å². The van der Waals surface area contributed by atoms with Crippen molar-refractivity contribution in [2.24, 2.45) is 0 Å². The van der Waals surface area contributed by atoms with Gasteiger partial charge >= 0.3 is 0 Å². The molecule has 1 N–H and O–H groups in total. The van der Waals surface area contributed by atoms with E-state index in [1.165, 1.54) is 18.2 Å². The van der Waals surface area contributed by atoms with Crippen molar-refractivity contribution in [3.8, 4) is 5.75 Å². The van der Waals surface area contributed by atoms with Gasteiger partial charge in [0, 0.05) is 22.7 Å². The molecule has 2 aromatic rings. The first-order valence-corrected chi connectivity index (χ1v) is 6.34. The number of amides is 1. The predicted octanol–water partition coefficient (Wildman–Crippen LogP) is 3.42. The zero-order chi connectivity index (χ0) is 14.5. The van der Waals surface area contributed by atoms with E-state index < -0.39 is 5.82 Å². The van der Waals surface area contributed by atoms with Crippen LogP contribution < -0.4 is 10.1 Å². The molecule has 5 heteroatoms. The van der Waals surface area contributed by atoms with Crippen molar-refractivity contribution in [1.29, 1.82) is 0 Å². The number of carbonyl (C=O) groups is 1. The highest BCUT2D eigenvalue weighted by atomic mass is 35.5. The molecule has 0 heterocycles. The number of rotatable bonds is 4. The van der Waals surface area contributed by atoms with Crippen molar-refractivity contribution in [3.05, 3.63) is 64.4 Å². The number of hydrogen-bond acceptors (Lipinski definition) is 2. The lowest BCUT2D eigenvalue weighted by atomic mass is 10.1. The van der Waals surface area contributed by atoms with Crippen LogP contribution >= 0.6 is 11.6 Å². The van der Waals surface area contributed by atoms with Crippen LogP contribution in [-0.2, 0) is 6.54 Å². The van der Waals surface area contributed by atoms with E-state index in [1.54, 1.807) is 31.4 Å². The van der Waals surface area contributed by atoms with Gasteiger partial charge in [0.15, 0.2) is 0 Å². The molecular formula is C15H13ClFNO2. The van der Waals surface area contributed by atoms with Crippen molar-refractivity contribution >= 4 is 17.5 Å². The molecule has 0 bridgehead atoms. The number of carbonyl (C=O) groups excluding carboxylic acids is 1. The van der Waals surface area contributed by atoms with E-state index in [1.807, 2.05) is 0 Å². The second-order valence-electron chi connectivity index (χ2n) is 4.15. The fourth-order valence-electron chi connectivity index (χ4n) is 1.79. The highest BCUT2D eigenvalue weighted by Gasteiger charge is 2.09. The van der Waals surface area contributed by atoms with E-state index in [4.69, 9.17) is 16.3 Å². The summed E-state index contributed by atoms with van der Waals surface area (Å²) in [5, 5.41) is 3.26. The van der Waals surface area contributed by atoms with Crippen LogP contribution in [0.5, 0.6) is 5.75 Å². The van der Waals surface area contributed by atoms with Gasteiger partial charge < -0.3 is 10.1 Å². The zero-order valence-corrected chi connectivity index (χ0v) is 11.6. The van der Waals surface area contributed by atoms with E-state index >= 15 is 0 Å². The number of methoxy groups -OCH3 is 1. The van der Waals surface area contributed by atoms with Gasteiger partial charge in [-0.2, -0.15) is 0 Å². The van der Waals surface area contributed by atoms with Crippen molar-refractivity contribution in [2.45, 2.75) is 6.54 Å². The van der Waals surface area contributed by atoms with Crippen LogP contribution in [0.1, 0.15) is 15.9 Å². The van der Waals surface area contributed by atoms with Gasteiger partial charge in [0.05, 0.1) is 7.11 Å². The van der Waals surface area contributed by atoms with Gasteiger partial charge in [-0.25, -0.2) is 4.39 Å². The molecule has 0 fully saturated rings. The molecule has 1 amide bonds. The largest absolute Gasteiger partial charge is 0.496 e. The Balaban J connectivity index is 2.09. The summed E-state index contributed by atoms with van der Waals surface area (Å²) in [5.41, 5.74) is 1.02. The van der Waals surface area contributed by atoms with Crippen molar-refractivity contribution in [1.82, 2.24) is 5.32 Å². The van der Waals surface area contributed by atoms with E-state index in [0.717, 1.165) is 5.56 Å². The third kappa shape index (κ3) is 3.48. The Morgan fingerprint density at radius 1 is 1.30 bits per heavy atom. The van der Waals surface area contributed by atoms with Crippen LogP contribution in [0.15, 0.2) is 42.5 Å². The number of ether oxygens (including phenoxy) is 1. The van der Waals surface area contributed by atoms with Crippen molar-refractivity contribution < 1.29 is 13.9 Å². The molecular weight excluding hydrogens is 281 g/mol. The summed E-state index contributed by atoms with van der Waals surface area (Å²) in [5.74, 6) is -0.168. The first-order chi connectivity index (χ1) is 9.60. The van der Waals surface area contributed by atoms with Gasteiger partial charge in [0.1, 0.15) is 11.6 Å². The van der Waals surface area contributed by atoms with Crippen LogP contribution in [0.3, 0.4) is 0 Å². The minimum absolute atomic E-state index is 0.249. The first-order valence-electron chi connectivity index (χ1n) is 5.96. The molecule has 0 aliphatic carbocycles. The number of benzene rings is 2. The maximum atomic E-state index is 13.0. The second kappa shape index (κ2) is 6.39. The molecule has 0 saturated carbocycles. The minimum atomic E-state index is -0.446. The maximum absolute atomic E-state index is 13.0. The molecule has 2 rings (SSSR count). The summed E-state index contributed by atoms with van der Waals surface area (Å²) in [6.45, 7) is 0.249. The van der Waals surface area contributed by atoms with E-state index in [-0.39, 0.29) is 18.0 Å². The van der Waals surface area contributed by atoms with Crippen LogP contribution in [0.25, 0.3) is 0 Å². The Kier molecular flexibility index (Phi) is 4.58. The molecule has 0 aromatic heterocycles. The van der Waals surface area contributed by atoms with Crippen LogP contribution in [0.4, 0.5) is 4.39 Å². The fraction of sp³-hybridized carbons (Fsp3) is 0.133. The highest BCUT2D eigenvalue weighted by molar-refractivity contribution is 6.30. The smallest absolute Gasteiger partial charge is 0.251 e. The second-order valence-corrected chi connectivity index (χ2v) is 4.59. The molecule has 0 unspecified atom stereocenters. The lowest BCUT2D eigenvalue weighted by molar-refractivity contribution is 0.0950. The van der Waals surface area contributed by atoms with Gasteiger partial charge in [-0.1, -0.05) is 17.7 Å². The molecule has 0 atom stereocenters. The average molecular weight is 294 g/mol. The standard InChI is InChI=1S/C15H13ClFNO2/c1-20-14-6-5-12(16)7-11(14)9-18-15(19)10-3-2-4-13(17)8-10/h2-8H,9H2,1H3,(H,18,19). The molecule has 0 radical (unpaired) electrons. The fourth-order valence-corrected chi connectivity index (χ4v) is 1.99. The molecule has 0 aliphatic heterocycles. The number of hydrogen-bond donors (Lipinski definition) is 1. The van der Waals surface area contributed by atoms with Crippen LogP contribution in [0, 0.1) is 5.82 Å². The molecule has 20 heavy (non-hydrogen) atoms. The average Bonchev–Trinajstić information content (AvgIpc) is 2.45. The maximum Gasteiger partial charge on any atom is 0.251 e. The van der Waals surface area contributed by atoms with E-state index in [0.29, 0.717) is 10.8 Å². The molecule has 104 valence electrons. The molecule has 0 saturated heterocycles. The third-order valence-electron chi connectivity index (χ3n) is 2.77. The van der Waals surface area contributed by atoms with Crippen molar-refractivity contribution in [3.63, 3.8) is 0 Å². The van der Waals surface area contributed by atoms with Gasteiger partial charge in [-0.3, -0.25) is 4.79 Å². The summed E-state index contributed by atoms with van der Waals surface area (Å²) in [6.07, 6.45) is 0. The summed E-state index contributed by atoms with van der Waals surface area (Å²) in [4.78, 5) is 11.9. The highest BCUT2D eigenvalue weighted by Crippen LogP contribution is 2.22. The quantitative estimate of drug-likeness (QED) is 0.938. The number of nitrogens with one attached hydrogen (secondary N) is 1. The van der Waals surface area contributed by atoms with Crippen LogP contribution in [-0.4, -0.2) is 13.0 Å². The SMILES string of the molecule is COc1ccc(Cl)cc1CNC(=O)c1cccc(F)c1. The minimum Gasteiger partial charge on any atom is -0.496 e. The van der Waals surface area contributed by atoms with Gasteiger partial charge in [0.25, 0.3) is 5.91 Å². The molecule has 0 spiro atoms. The summed E-state index contributed by atoms with van der Waals surface area (Å²) >= 11 is 5.91. The van der Waals surface area contributed by atoms with Crippen molar-refractivity contribution in [2.75, 3.05) is 7.11 Å². The topological polar surface area (TPSA) is 38.3 Å². The van der Waals surface area contributed by atoms with E-state index in [2.05, 4.69) is 5.32 Å². The molecule has 3 nitrogen and oxygen atoms in total. The molecule has 2 aromatic carbocycles. The Morgan fingerprint density at radius 3 is 2.80 bits per heavy atom. The zero-order valence-electron chi connectivity index (χ0n) is 10.8. The monoisotopic (exact) mass is 293 g/mol. The van der Waals surface area contributed by atoms with Gasteiger partial charge in [-0.05, 0) is 36.4 Å². The Hall–Kier alpha value is -2.07. The summed E-state index contributed by atoms with van der Waals surface area (Å²) < 4.78 is 18.2. The van der Waals surface area contributed by atoms with Gasteiger partial charge in [0.2, 0.25) is 0 Å². The number of halogens is 2. The normalized spacial score (nSPS) is 10.2. The Labute approximate surface area is 121 Å². The molecule has 0 aliphatic rings. The van der Waals surface area contributed by atoms with E-state index in [9.17, 15) is 9.18 Å². The first kappa shape index (κ1) is 14.3. The summed E-state index contributed by atoms with van der Waals surface area (Å²) in [6, 6.07) is 10.7. The van der Waals surface area contributed by atoms with Gasteiger partial charge in [-0.15, -0.1) is 0 Å². The Bertz CT molecular complexity index is 631. The lowest BCUT2D eigenvalue weighted by Gasteiger charge is -2.10. The summed E-state index contributed by atoms with van der Waals surface area (Å²) in [7, 11) is 1.54.